The van der Waals surface area contributed by atoms with Gasteiger partial charge in [-0.05, 0) is 42.3 Å². The van der Waals surface area contributed by atoms with Crippen LogP contribution in [0, 0.1) is 0 Å². The summed E-state index contributed by atoms with van der Waals surface area (Å²) in [4.78, 5) is 6.15. The lowest BCUT2D eigenvalue weighted by molar-refractivity contribution is -0.140. The number of rotatable bonds is 9. The van der Waals surface area contributed by atoms with Crippen LogP contribution in [0.1, 0.15) is 12.0 Å². The normalized spacial score (nSPS) is 21.4. The van der Waals surface area contributed by atoms with Crippen LogP contribution in [0.2, 0.25) is 5.02 Å². The first-order chi connectivity index (χ1) is 15.5. The highest BCUT2D eigenvalue weighted by atomic mass is 35.5. The number of hydrogen-bond donors (Lipinski definition) is 2. The Morgan fingerprint density at radius 1 is 1.12 bits per heavy atom. The zero-order valence-corrected chi connectivity index (χ0v) is 18.6. The number of ether oxygens (including phenoxy) is 2. The van der Waals surface area contributed by atoms with Gasteiger partial charge in [-0.2, -0.15) is 0 Å². The molecule has 0 amide bonds. The Morgan fingerprint density at radius 2 is 1.94 bits per heavy atom. The van der Waals surface area contributed by atoms with Gasteiger partial charge < -0.3 is 24.3 Å². The zero-order valence-electron chi connectivity index (χ0n) is 17.8. The topological polar surface area (TPSA) is 80.0 Å². The van der Waals surface area contributed by atoms with E-state index in [-0.39, 0.29) is 6.61 Å². The molecule has 0 saturated carbocycles. The average Bonchev–Trinajstić information content (AvgIpc) is 3.29. The molecule has 2 atom stereocenters. The summed E-state index contributed by atoms with van der Waals surface area (Å²) in [5, 5.41) is 22.1. The van der Waals surface area contributed by atoms with Crippen molar-refractivity contribution in [1.82, 2.24) is 14.5 Å². The number of likely N-dealkylation sites (tertiary alicyclic amines) is 1. The number of halogens is 1. The molecule has 3 aromatic rings. The number of β-amino-alcohol motifs (C(OH)–C–C–N with tert-alkyl or cyclic N) is 1. The monoisotopic (exact) mass is 457 g/mol. The standard InChI is InChI=1S/C24H28ClN3O4/c25-20-4-2-6-22(14-20)32-17-24(30)16-28(9-7-23(24)29)15-19-3-1-5-21(13-19)31-12-11-27-10-8-26-18-27/h1-6,8,10,13-14,18,23,29-30H,7,9,11-12,15-17H2/t23-,24-/m0/s1. The Bertz CT molecular complexity index is 1000. The van der Waals surface area contributed by atoms with Gasteiger partial charge in [0.2, 0.25) is 0 Å². The molecule has 1 aliphatic rings. The largest absolute Gasteiger partial charge is 0.492 e. The van der Waals surface area contributed by atoms with E-state index in [9.17, 15) is 10.2 Å². The Morgan fingerprint density at radius 3 is 2.72 bits per heavy atom. The van der Waals surface area contributed by atoms with Gasteiger partial charge in [0.25, 0.3) is 0 Å². The molecule has 0 bridgehead atoms. The summed E-state index contributed by atoms with van der Waals surface area (Å²) in [5.74, 6) is 1.37. The van der Waals surface area contributed by atoms with Crippen LogP contribution in [0.25, 0.3) is 0 Å². The SMILES string of the molecule is O[C@H]1CCN(Cc2cccc(OCCn3ccnc3)c2)C[C@]1(O)COc1cccc(Cl)c1. The van der Waals surface area contributed by atoms with Gasteiger partial charge in [-0.15, -0.1) is 0 Å². The lowest BCUT2D eigenvalue weighted by atomic mass is 9.90. The molecule has 7 nitrogen and oxygen atoms in total. The molecule has 170 valence electrons. The Balaban J connectivity index is 1.32. The second-order valence-corrected chi connectivity index (χ2v) is 8.60. The molecule has 1 saturated heterocycles. The lowest BCUT2D eigenvalue weighted by Crippen LogP contribution is -2.59. The molecular weight excluding hydrogens is 430 g/mol. The number of piperidine rings is 1. The van der Waals surface area contributed by atoms with E-state index in [1.807, 2.05) is 35.0 Å². The summed E-state index contributed by atoms with van der Waals surface area (Å²) < 4.78 is 13.6. The number of nitrogens with zero attached hydrogens (tertiary/aromatic N) is 3. The molecule has 1 aromatic heterocycles. The molecule has 2 aromatic carbocycles. The third kappa shape index (κ3) is 6.01. The van der Waals surface area contributed by atoms with E-state index < -0.39 is 11.7 Å². The predicted octanol–water partition coefficient (Wildman–Crippen LogP) is 2.99. The van der Waals surface area contributed by atoms with Crippen molar-refractivity contribution < 1.29 is 19.7 Å². The second kappa shape index (κ2) is 10.4. The molecule has 8 heteroatoms. The van der Waals surface area contributed by atoms with Crippen molar-refractivity contribution in [2.75, 3.05) is 26.3 Å². The van der Waals surface area contributed by atoms with Gasteiger partial charge in [-0.3, -0.25) is 4.90 Å². The van der Waals surface area contributed by atoms with Crippen LogP contribution in [-0.2, 0) is 13.1 Å². The Kier molecular flexibility index (Phi) is 7.32. The first-order valence-electron chi connectivity index (χ1n) is 10.7. The fourth-order valence-corrected chi connectivity index (χ4v) is 4.05. The summed E-state index contributed by atoms with van der Waals surface area (Å²) in [6.07, 6.45) is 5.04. The zero-order chi connectivity index (χ0) is 22.4. The van der Waals surface area contributed by atoms with E-state index in [2.05, 4.69) is 9.88 Å². The van der Waals surface area contributed by atoms with E-state index in [1.165, 1.54) is 0 Å². The molecule has 0 radical (unpaired) electrons. The van der Waals surface area contributed by atoms with Crippen molar-refractivity contribution in [1.29, 1.82) is 0 Å². The first kappa shape index (κ1) is 22.6. The van der Waals surface area contributed by atoms with E-state index in [1.54, 1.807) is 36.8 Å². The van der Waals surface area contributed by atoms with Gasteiger partial charge in [0.1, 0.15) is 30.3 Å². The Labute approximate surface area is 192 Å². The molecular formula is C24H28ClN3O4. The summed E-state index contributed by atoms with van der Waals surface area (Å²) in [7, 11) is 0. The molecule has 0 spiro atoms. The van der Waals surface area contributed by atoms with E-state index in [0.717, 1.165) is 17.9 Å². The first-order valence-corrected chi connectivity index (χ1v) is 11.1. The summed E-state index contributed by atoms with van der Waals surface area (Å²) >= 11 is 6.00. The minimum atomic E-state index is -1.36. The smallest absolute Gasteiger partial charge is 0.137 e. The maximum absolute atomic E-state index is 11.1. The number of hydrogen-bond acceptors (Lipinski definition) is 6. The highest BCUT2D eigenvalue weighted by Gasteiger charge is 2.42. The minimum Gasteiger partial charge on any atom is -0.492 e. The van der Waals surface area contributed by atoms with Crippen LogP contribution >= 0.6 is 11.6 Å². The van der Waals surface area contributed by atoms with Gasteiger partial charge >= 0.3 is 0 Å². The molecule has 1 aliphatic heterocycles. The van der Waals surface area contributed by atoms with Crippen LogP contribution in [0.3, 0.4) is 0 Å². The third-order valence-corrected chi connectivity index (χ3v) is 5.84. The summed E-state index contributed by atoms with van der Waals surface area (Å²) in [6, 6.07) is 15.0. The van der Waals surface area contributed by atoms with Gasteiger partial charge in [-0.1, -0.05) is 29.8 Å². The molecule has 1 fully saturated rings. The summed E-state index contributed by atoms with van der Waals surface area (Å²) in [5.41, 5.74) is -0.279. The highest BCUT2D eigenvalue weighted by Crippen LogP contribution is 2.26. The van der Waals surface area contributed by atoms with Crippen molar-refractivity contribution >= 4 is 11.6 Å². The quantitative estimate of drug-likeness (QED) is 0.514. The molecule has 2 N–H and O–H groups in total. The fourth-order valence-electron chi connectivity index (χ4n) is 3.87. The predicted molar refractivity (Wildman–Crippen MR) is 122 cm³/mol. The van der Waals surface area contributed by atoms with Crippen molar-refractivity contribution in [2.45, 2.75) is 31.2 Å². The third-order valence-electron chi connectivity index (χ3n) is 5.60. The lowest BCUT2D eigenvalue weighted by Gasteiger charge is -2.42. The number of aliphatic hydroxyl groups excluding tert-OH is 1. The van der Waals surface area contributed by atoms with Crippen LogP contribution in [0.4, 0.5) is 0 Å². The minimum absolute atomic E-state index is 0.0115. The molecule has 0 aliphatic carbocycles. The van der Waals surface area contributed by atoms with E-state index in [0.29, 0.717) is 43.4 Å². The van der Waals surface area contributed by atoms with Gasteiger partial charge in [-0.25, -0.2) is 4.98 Å². The van der Waals surface area contributed by atoms with Crippen molar-refractivity contribution in [2.24, 2.45) is 0 Å². The number of aromatic nitrogens is 2. The molecule has 4 rings (SSSR count). The van der Waals surface area contributed by atoms with Crippen LogP contribution in [-0.4, -0.2) is 62.7 Å². The number of benzene rings is 2. The van der Waals surface area contributed by atoms with Gasteiger partial charge in [0, 0.05) is 37.1 Å². The maximum atomic E-state index is 11.1. The molecule has 0 unspecified atom stereocenters. The second-order valence-electron chi connectivity index (χ2n) is 8.16. The maximum Gasteiger partial charge on any atom is 0.137 e. The van der Waals surface area contributed by atoms with Crippen LogP contribution in [0.15, 0.2) is 67.3 Å². The highest BCUT2D eigenvalue weighted by molar-refractivity contribution is 6.30. The van der Waals surface area contributed by atoms with Crippen LogP contribution in [0.5, 0.6) is 11.5 Å². The summed E-state index contributed by atoms with van der Waals surface area (Å²) in [6.45, 7) is 2.91. The van der Waals surface area contributed by atoms with E-state index in [4.69, 9.17) is 21.1 Å². The Hall–Kier alpha value is -2.58. The molecule has 2 heterocycles. The number of aliphatic hydroxyl groups is 2. The van der Waals surface area contributed by atoms with Gasteiger partial charge in [0.05, 0.1) is 19.0 Å². The van der Waals surface area contributed by atoms with Gasteiger partial charge in [0.15, 0.2) is 0 Å². The fraction of sp³-hybridized carbons (Fsp3) is 0.375. The average molecular weight is 458 g/mol. The van der Waals surface area contributed by atoms with Crippen LogP contribution < -0.4 is 9.47 Å². The molecule has 32 heavy (non-hydrogen) atoms. The van der Waals surface area contributed by atoms with Crippen molar-refractivity contribution in [3.63, 3.8) is 0 Å². The number of imidazole rings is 1. The van der Waals surface area contributed by atoms with Crippen molar-refractivity contribution in [3.05, 3.63) is 77.8 Å². The van der Waals surface area contributed by atoms with Crippen molar-refractivity contribution in [3.8, 4) is 11.5 Å². The van der Waals surface area contributed by atoms with E-state index >= 15 is 0 Å².